The first-order valence-corrected chi connectivity index (χ1v) is 5.39. The minimum atomic E-state index is 0.549. The van der Waals surface area contributed by atoms with E-state index in [1.165, 1.54) is 0 Å². The largest absolute Gasteiger partial charge is 0.315 e. The minimum absolute atomic E-state index is 0.549. The van der Waals surface area contributed by atoms with Crippen molar-refractivity contribution >= 4 is 0 Å². The summed E-state index contributed by atoms with van der Waals surface area (Å²) in [7, 11) is 2.04. The van der Waals surface area contributed by atoms with E-state index >= 15 is 0 Å². The lowest BCUT2D eigenvalue weighted by molar-refractivity contribution is 0.322. The Kier molecular flexibility index (Phi) is 6.35. The standard InChI is InChI=1S/C11H26N2/c1-8(2)7-13-10(5)11(12-6)9(3)4/h8-13H,7H2,1-6H3/t10-,11?/m1/s1. The molecule has 0 bridgehead atoms. The Morgan fingerprint density at radius 1 is 1.00 bits per heavy atom. The van der Waals surface area contributed by atoms with Crippen molar-refractivity contribution in [2.45, 2.75) is 46.7 Å². The molecule has 0 aromatic carbocycles. The predicted octanol–water partition coefficient (Wildman–Crippen LogP) is 1.86. The molecule has 0 aromatic rings. The van der Waals surface area contributed by atoms with Gasteiger partial charge in [-0.3, -0.25) is 0 Å². The first kappa shape index (κ1) is 12.9. The Morgan fingerprint density at radius 2 is 1.54 bits per heavy atom. The highest BCUT2D eigenvalue weighted by Gasteiger charge is 2.17. The van der Waals surface area contributed by atoms with Crippen LogP contribution in [0, 0.1) is 11.8 Å². The van der Waals surface area contributed by atoms with Crippen molar-refractivity contribution in [3.63, 3.8) is 0 Å². The summed E-state index contributed by atoms with van der Waals surface area (Å²) < 4.78 is 0. The van der Waals surface area contributed by atoms with Gasteiger partial charge in [-0.25, -0.2) is 0 Å². The maximum Gasteiger partial charge on any atom is 0.0238 e. The molecule has 0 saturated carbocycles. The third-order valence-electron chi connectivity index (χ3n) is 2.44. The van der Waals surface area contributed by atoms with Crippen LogP contribution in [-0.2, 0) is 0 Å². The van der Waals surface area contributed by atoms with Gasteiger partial charge in [0.2, 0.25) is 0 Å². The predicted molar refractivity (Wildman–Crippen MR) is 60.0 cm³/mol. The molecule has 0 spiro atoms. The van der Waals surface area contributed by atoms with Crippen LogP contribution in [0.15, 0.2) is 0 Å². The summed E-state index contributed by atoms with van der Waals surface area (Å²) in [6.45, 7) is 12.4. The van der Waals surface area contributed by atoms with E-state index in [1.807, 2.05) is 7.05 Å². The number of hydrogen-bond donors (Lipinski definition) is 2. The van der Waals surface area contributed by atoms with E-state index in [1.54, 1.807) is 0 Å². The van der Waals surface area contributed by atoms with E-state index in [0.717, 1.165) is 12.5 Å². The highest BCUT2D eigenvalue weighted by atomic mass is 15.0. The molecule has 2 N–H and O–H groups in total. The van der Waals surface area contributed by atoms with Gasteiger partial charge in [0.05, 0.1) is 0 Å². The zero-order valence-electron chi connectivity index (χ0n) is 10.0. The molecule has 0 fully saturated rings. The fourth-order valence-electron chi connectivity index (χ4n) is 1.71. The van der Waals surface area contributed by atoms with Crippen LogP contribution in [0.25, 0.3) is 0 Å². The summed E-state index contributed by atoms with van der Waals surface area (Å²) in [4.78, 5) is 0. The van der Waals surface area contributed by atoms with Gasteiger partial charge in [-0.05, 0) is 32.4 Å². The van der Waals surface area contributed by atoms with E-state index in [9.17, 15) is 0 Å². The highest BCUT2D eigenvalue weighted by Crippen LogP contribution is 2.06. The zero-order chi connectivity index (χ0) is 10.4. The Labute approximate surface area is 83.5 Å². The maximum absolute atomic E-state index is 3.55. The monoisotopic (exact) mass is 186 g/mol. The topological polar surface area (TPSA) is 24.1 Å². The van der Waals surface area contributed by atoms with E-state index in [4.69, 9.17) is 0 Å². The van der Waals surface area contributed by atoms with Crippen LogP contribution in [0.5, 0.6) is 0 Å². The lowest BCUT2D eigenvalue weighted by atomic mass is 9.97. The van der Waals surface area contributed by atoms with Gasteiger partial charge in [0.25, 0.3) is 0 Å². The molecule has 13 heavy (non-hydrogen) atoms. The van der Waals surface area contributed by atoms with E-state index < -0.39 is 0 Å². The number of likely N-dealkylation sites (N-methyl/N-ethyl adjacent to an activating group) is 1. The van der Waals surface area contributed by atoms with Gasteiger partial charge in [0.1, 0.15) is 0 Å². The normalized spacial score (nSPS) is 16.6. The molecule has 0 radical (unpaired) electrons. The third kappa shape index (κ3) is 5.27. The molecule has 0 aromatic heterocycles. The lowest BCUT2D eigenvalue weighted by Crippen LogP contribution is -2.48. The van der Waals surface area contributed by atoms with Gasteiger partial charge in [0.15, 0.2) is 0 Å². The van der Waals surface area contributed by atoms with Crippen LogP contribution in [0.1, 0.15) is 34.6 Å². The van der Waals surface area contributed by atoms with Gasteiger partial charge in [-0.1, -0.05) is 27.7 Å². The Hall–Kier alpha value is -0.0800. The second-order valence-electron chi connectivity index (χ2n) is 4.65. The molecule has 1 unspecified atom stereocenters. The molecular weight excluding hydrogens is 160 g/mol. The quantitative estimate of drug-likeness (QED) is 0.661. The number of nitrogens with one attached hydrogen (secondary N) is 2. The maximum atomic E-state index is 3.55. The van der Waals surface area contributed by atoms with Crippen molar-refractivity contribution < 1.29 is 0 Å². The van der Waals surface area contributed by atoms with Crippen molar-refractivity contribution in [2.75, 3.05) is 13.6 Å². The van der Waals surface area contributed by atoms with E-state index in [2.05, 4.69) is 45.3 Å². The number of hydrogen-bond acceptors (Lipinski definition) is 2. The van der Waals surface area contributed by atoms with Crippen molar-refractivity contribution in [1.82, 2.24) is 10.6 Å². The molecule has 0 aliphatic rings. The SMILES string of the molecule is CNC(C(C)C)[C@@H](C)NCC(C)C. The van der Waals surface area contributed by atoms with Gasteiger partial charge in [0, 0.05) is 12.1 Å². The summed E-state index contributed by atoms with van der Waals surface area (Å²) in [6.07, 6.45) is 0. The van der Waals surface area contributed by atoms with Crippen LogP contribution in [-0.4, -0.2) is 25.7 Å². The summed E-state index contributed by atoms with van der Waals surface area (Å²) in [5.74, 6) is 1.41. The molecule has 0 rings (SSSR count). The molecule has 0 heterocycles. The zero-order valence-corrected chi connectivity index (χ0v) is 10.0. The molecule has 2 nitrogen and oxygen atoms in total. The molecular formula is C11H26N2. The molecule has 0 aliphatic heterocycles. The highest BCUT2D eigenvalue weighted by molar-refractivity contribution is 4.80. The van der Waals surface area contributed by atoms with Crippen LogP contribution < -0.4 is 10.6 Å². The second kappa shape index (κ2) is 6.39. The van der Waals surface area contributed by atoms with E-state index in [0.29, 0.717) is 18.0 Å². The van der Waals surface area contributed by atoms with Crippen molar-refractivity contribution in [3.8, 4) is 0 Å². The summed E-state index contributed by atoms with van der Waals surface area (Å²) in [6, 6.07) is 1.12. The Morgan fingerprint density at radius 3 is 1.85 bits per heavy atom. The van der Waals surface area contributed by atoms with Gasteiger partial charge in [-0.2, -0.15) is 0 Å². The lowest BCUT2D eigenvalue weighted by Gasteiger charge is -2.28. The average Bonchev–Trinajstić information content (AvgIpc) is 2.01. The molecule has 0 saturated heterocycles. The molecule has 0 aliphatic carbocycles. The molecule has 2 heteroatoms. The van der Waals surface area contributed by atoms with Crippen LogP contribution in [0.4, 0.5) is 0 Å². The first-order chi connectivity index (χ1) is 5.99. The van der Waals surface area contributed by atoms with Crippen LogP contribution in [0.3, 0.4) is 0 Å². The molecule has 80 valence electrons. The van der Waals surface area contributed by atoms with Gasteiger partial charge < -0.3 is 10.6 Å². The van der Waals surface area contributed by atoms with E-state index in [-0.39, 0.29) is 0 Å². The fraction of sp³-hybridized carbons (Fsp3) is 1.00. The summed E-state index contributed by atoms with van der Waals surface area (Å²) in [5, 5.41) is 6.91. The molecule has 0 amide bonds. The third-order valence-corrected chi connectivity index (χ3v) is 2.44. The first-order valence-electron chi connectivity index (χ1n) is 5.39. The minimum Gasteiger partial charge on any atom is -0.315 e. The van der Waals surface area contributed by atoms with Crippen molar-refractivity contribution in [1.29, 1.82) is 0 Å². The van der Waals surface area contributed by atoms with Crippen molar-refractivity contribution in [2.24, 2.45) is 11.8 Å². The van der Waals surface area contributed by atoms with Crippen LogP contribution in [0.2, 0.25) is 0 Å². The van der Waals surface area contributed by atoms with Crippen molar-refractivity contribution in [3.05, 3.63) is 0 Å². The second-order valence-corrected chi connectivity index (χ2v) is 4.65. The van der Waals surface area contributed by atoms with Gasteiger partial charge >= 0.3 is 0 Å². The fourth-order valence-corrected chi connectivity index (χ4v) is 1.71. The Balaban J connectivity index is 3.84. The molecule has 2 atom stereocenters. The smallest absolute Gasteiger partial charge is 0.0238 e. The van der Waals surface area contributed by atoms with Gasteiger partial charge in [-0.15, -0.1) is 0 Å². The summed E-state index contributed by atoms with van der Waals surface area (Å²) >= 11 is 0. The average molecular weight is 186 g/mol. The number of rotatable bonds is 6. The summed E-state index contributed by atoms with van der Waals surface area (Å²) in [5.41, 5.74) is 0. The van der Waals surface area contributed by atoms with Crippen LogP contribution >= 0.6 is 0 Å². The Bertz CT molecular complexity index is 121.